The highest BCUT2D eigenvalue weighted by Crippen LogP contribution is 2.22. The Morgan fingerprint density at radius 1 is 1.25 bits per heavy atom. The third kappa shape index (κ3) is 4.23. The van der Waals surface area contributed by atoms with Gasteiger partial charge in [0, 0.05) is 31.4 Å². The van der Waals surface area contributed by atoms with Crippen molar-refractivity contribution in [2.45, 2.75) is 52.0 Å². The number of nitrogens with one attached hydrogen (secondary N) is 1. The third-order valence-corrected chi connectivity index (χ3v) is 5.10. The van der Waals surface area contributed by atoms with Crippen LogP contribution in [0, 0.1) is 5.92 Å². The van der Waals surface area contributed by atoms with E-state index in [0.717, 1.165) is 64.0 Å². The summed E-state index contributed by atoms with van der Waals surface area (Å²) < 4.78 is 0. The molecule has 1 amide bonds. The van der Waals surface area contributed by atoms with Gasteiger partial charge in [0.2, 0.25) is 5.91 Å². The van der Waals surface area contributed by atoms with Gasteiger partial charge in [0.15, 0.2) is 0 Å². The number of nitrogens with zero attached hydrogens (tertiary/aromatic N) is 3. The van der Waals surface area contributed by atoms with Crippen molar-refractivity contribution >= 4 is 5.91 Å². The lowest BCUT2D eigenvalue weighted by atomic mass is 9.95. The first-order valence-electron chi connectivity index (χ1n) is 9.26. The predicted molar refractivity (Wildman–Crippen MR) is 92.7 cm³/mol. The maximum absolute atomic E-state index is 12.7. The Morgan fingerprint density at radius 3 is 2.79 bits per heavy atom. The van der Waals surface area contributed by atoms with Crippen LogP contribution in [0.4, 0.5) is 0 Å². The van der Waals surface area contributed by atoms with Crippen LogP contribution in [0.3, 0.4) is 0 Å². The Bertz CT molecular complexity index is 622. The molecule has 2 aliphatic heterocycles. The molecule has 1 N–H and O–H groups in total. The Hall–Kier alpha value is -1.69. The van der Waals surface area contributed by atoms with Crippen molar-refractivity contribution < 1.29 is 4.79 Å². The fraction of sp³-hybridized carbons (Fsp3) is 0.722. The number of carbonyl (C=O) groups excluding carboxylic acids is 1. The molecule has 3 heterocycles. The van der Waals surface area contributed by atoms with Gasteiger partial charge in [-0.05, 0) is 45.1 Å². The molecule has 3 rings (SSSR count). The van der Waals surface area contributed by atoms with Crippen LogP contribution in [-0.2, 0) is 17.8 Å². The third-order valence-electron chi connectivity index (χ3n) is 5.10. The highest BCUT2D eigenvalue weighted by Gasteiger charge is 2.30. The average molecular weight is 332 g/mol. The van der Waals surface area contributed by atoms with Crippen LogP contribution >= 0.6 is 0 Å². The monoisotopic (exact) mass is 332 g/mol. The summed E-state index contributed by atoms with van der Waals surface area (Å²) in [6.07, 6.45) is 6.28. The summed E-state index contributed by atoms with van der Waals surface area (Å²) in [6.45, 7) is 6.19. The number of amides is 1. The molecule has 1 aromatic rings. The first-order valence-corrected chi connectivity index (χ1v) is 9.26. The molecule has 1 aromatic heterocycles. The smallest absolute Gasteiger partial charge is 0.251 e. The van der Waals surface area contributed by atoms with E-state index in [0.29, 0.717) is 18.3 Å². The van der Waals surface area contributed by atoms with E-state index in [1.807, 2.05) is 6.92 Å². The average Bonchev–Trinajstić information content (AvgIpc) is 2.61. The van der Waals surface area contributed by atoms with Crippen molar-refractivity contribution in [2.24, 2.45) is 5.92 Å². The van der Waals surface area contributed by atoms with Gasteiger partial charge >= 0.3 is 0 Å². The van der Waals surface area contributed by atoms with Gasteiger partial charge < -0.3 is 9.88 Å². The van der Waals surface area contributed by atoms with Crippen molar-refractivity contribution in [1.29, 1.82) is 0 Å². The van der Waals surface area contributed by atoms with Crippen LogP contribution in [0.25, 0.3) is 0 Å². The Labute approximate surface area is 143 Å². The molecule has 132 valence electrons. The zero-order valence-corrected chi connectivity index (χ0v) is 14.6. The molecule has 2 saturated heterocycles. The number of carbonyl (C=O) groups is 1. The van der Waals surface area contributed by atoms with Gasteiger partial charge in [0.1, 0.15) is 5.82 Å². The quantitative estimate of drug-likeness (QED) is 0.908. The number of aromatic nitrogens is 2. The number of aromatic amines is 1. The number of hydrogen-bond acceptors (Lipinski definition) is 4. The summed E-state index contributed by atoms with van der Waals surface area (Å²) in [5, 5.41) is 0. The molecule has 0 saturated carbocycles. The van der Waals surface area contributed by atoms with Crippen LogP contribution in [0.15, 0.2) is 10.9 Å². The van der Waals surface area contributed by atoms with E-state index in [1.165, 1.54) is 6.42 Å². The minimum Gasteiger partial charge on any atom is -0.342 e. The van der Waals surface area contributed by atoms with Gasteiger partial charge in [-0.15, -0.1) is 0 Å². The highest BCUT2D eigenvalue weighted by molar-refractivity contribution is 5.79. The lowest BCUT2D eigenvalue weighted by Gasteiger charge is -2.36. The molecular formula is C18H28N4O2. The SMILES string of the molecule is CCc1cc(=O)[nH]c(CN2CCCC(C(=O)N3CCCCC3)C2)n1. The summed E-state index contributed by atoms with van der Waals surface area (Å²) in [5.74, 6) is 1.13. The van der Waals surface area contributed by atoms with Crippen molar-refractivity contribution in [3.05, 3.63) is 27.9 Å². The van der Waals surface area contributed by atoms with Crippen molar-refractivity contribution in [1.82, 2.24) is 19.8 Å². The maximum atomic E-state index is 12.7. The topological polar surface area (TPSA) is 69.3 Å². The van der Waals surface area contributed by atoms with Crippen LogP contribution < -0.4 is 5.56 Å². The zero-order chi connectivity index (χ0) is 16.9. The molecule has 1 atom stereocenters. The molecule has 2 aliphatic rings. The van der Waals surface area contributed by atoms with Gasteiger partial charge in [-0.2, -0.15) is 0 Å². The van der Waals surface area contributed by atoms with Crippen LogP contribution in [0.1, 0.15) is 50.5 Å². The molecule has 2 fully saturated rings. The largest absolute Gasteiger partial charge is 0.342 e. The number of hydrogen-bond donors (Lipinski definition) is 1. The first-order chi connectivity index (χ1) is 11.7. The summed E-state index contributed by atoms with van der Waals surface area (Å²) >= 11 is 0. The molecule has 0 aromatic carbocycles. The molecule has 6 nitrogen and oxygen atoms in total. The second-order valence-corrected chi connectivity index (χ2v) is 7.00. The molecule has 0 aliphatic carbocycles. The van der Waals surface area contributed by atoms with Gasteiger partial charge in [0.05, 0.1) is 12.5 Å². The molecule has 0 spiro atoms. The second kappa shape index (κ2) is 7.92. The van der Waals surface area contributed by atoms with E-state index in [2.05, 4.69) is 19.8 Å². The Balaban J connectivity index is 1.62. The van der Waals surface area contributed by atoms with Crippen LogP contribution in [-0.4, -0.2) is 51.9 Å². The minimum absolute atomic E-state index is 0.0881. The van der Waals surface area contributed by atoms with Crippen molar-refractivity contribution in [3.63, 3.8) is 0 Å². The van der Waals surface area contributed by atoms with Crippen LogP contribution in [0.5, 0.6) is 0 Å². The molecule has 1 unspecified atom stereocenters. The molecular weight excluding hydrogens is 304 g/mol. The highest BCUT2D eigenvalue weighted by atomic mass is 16.2. The zero-order valence-electron chi connectivity index (χ0n) is 14.6. The minimum atomic E-state index is -0.0881. The first kappa shape index (κ1) is 17.1. The van der Waals surface area contributed by atoms with Crippen LogP contribution in [0.2, 0.25) is 0 Å². The number of likely N-dealkylation sites (tertiary alicyclic amines) is 2. The van der Waals surface area contributed by atoms with E-state index >= 15 is 0 Å². The molecule has 24 heavy (non-hydrogen) atoms. The van der Waals surface area contributed by atoms with E-state index in [-0.39, 0.29) is 11.5 Å². The number of aryl methyl sites for hydroxylation is 1. The number of H-pyrrole nitrogens is 1. The van der Waals surface area contributed by atoms with Gasteiger partial charge in [-0.25, -0.2) is 4.98 Å². The fourth-order valence-electron chi connectivity index (χ4n) is 3.80. The molecule has 6 heteroatoms. The van der Waals surface area contributed by atoms with Gasteiger partial charge in [-0.1, -0.05) is 6.92 Å². The molecule has 0 bridgehead atoms. The van der Waals surface area contributed by atoms with Crippen molar-refractivity contribution in [3.8, 4) is 0 Å². The van der Waals surface area contributed by atoms with E-state index in [9.17, 15) is 9.59 Å². The Kier molecular flexibility index (Phi) is 5.66. The van der Waals surface area contributed by atoms with E-state index in [4.69, 9.17) is 0 Å². The summed E-state index contributed by atoms with van der Waals surface area (Å²) in [7, 11) is 0. The predicted octanol–water partition coefficient (Wildman–Crippen LogP) is 1.56. The van der Waals surface area contributed by atoms with Gasteiger partial charge in [0.25, 0.3) is 5.56 Å². The van der Waals surface area contributed by atoms with E-state index in [1.54, 1.807) is 6.07 Å². The molecule has 0 radical (unpaired) electrons. The standard InChI is InChI=1S/C18H28N4O2/c1-2-15-11-17(23)20-16(19-15)13-21-8-6-7-14(12-21)18(24)22-9-4-3-5-10-22/h11,14H,2-10,12-13H2,1H3,(H,19,20,23). The summed E-state index contributed by atoms with van der Waals surface area (Å²) in [6, 6.07) is 1.56. The lowest BCUT2D eigenvalue weighted by molar-refractivity contribution is -0.138. The summed E-state index contributed by atoms with van der Waals surface area (Å²) in [4.78, 5) is 36.1. The Morgan fingerprint density at radius 2 is 2.04 bits per heavy atom. The normalized spacial score (nSPS) is 22.5. The number of piperidine rings is 2. The van der Waals surface area contributed by atoms with E-state index < -0.39 is 0 Å². The summed E-state index contributed by atoms with van der Waals surface area (Å²) in [5.41, 5.74) is 0.738. The fourth-order valence-corrected chi connectivity index (χ4v) is 3.80. The number of rotatable bonds is 4. The lowest BCUT2D eigenvalue weighted by Crippen LogP contribution is -2.46. The maximum Gasteiger partial charge on any atom is 0.251 e. The second-order valence-electron chi connectivity index (χ2n) is 7.00. The van der Waals surface area contributed by atoms with Gasteiger partial charge in [-0.3, -0.25) is 14.5 Å². The van der Waals surface area contributed by atoms with Crippen molar-refractivity contribution in [2.75, 3.05) is 26.2 Å².